The smallest absolute Gasteiger partial charge is 0.226 e. The quantitative estimate of drug-likeness (QED) is 0.819. The highest BCUT2D eigenvalue weighted by Gasteiger charge is 2.16. The number of aromatic nitrogens is 1. The molecule has 0 aliphatic heterocycles. The highest BCUT2D eigenvalue weighted by Crippen LogP contribution is 2.28. The van der Waals surface area contributed by atoms with E-state index in [1.807, 2.05) is 5.38 Å². The van der Waals surface area contributed by atoms with Crippen LogP contribution in [0.15, 0.2) is 5.38 Å². The fraction of sp³-hybridized carbons (Fsp3) is 0.636. The summed E-state index contributed by atoms with van der Waals surface area (Å²) < 4.78 is 0. The van der Waals surface area contributed by atoms with Gasteiger partial charge in [0.25, 0.3) is 0 Å². The zero-order valence-corrected chi connectivity index (χ0v) is 10.1. The minimum Gasteiger partial charge on any atom is -0.375 e. The SMILES string of the molecule is Nc1nc(CC(=O)NCCC2CCC2)cs1. The maximum atomic E-state index is 11.5. The number of anilines is 1. The highest BCUT2D eigenvalue weighted by atomic mass is 32.1. The van der Waals surface area contributed by atoms with Crippen molar-refractivity contribution in [3.63, 3.8) is 0 Å². The summed E-state index contributed by atoms with van der Waals surface area (Å²) in [7, 11) is 0. The molecule has 1 heterocycles. The lowest BCUT2D eigenvalue weighted by atomic mass is 9.83. The number of nitrogens with zero attached hydrogens (tertiary/aromatic N) is 1. The highest BCUT2D eigenvalue weighted by molar-refractivity contribution is 7.13. The first-order valence-electron chi connectivity index (χ1n) is 5.70. The minimum absolute atomic E-state index is 0.0459. The molecule has 1 aromatic heterocycles. The molecule has 1 amide bonds. The Balaban J connectivity index is 1.63. The van der Waals surface area contributed by atoms with Crippen LogP contribution in [0, 0.1) is 5.92 Å². The van der Waals surface area contributed by atoms with Crippen molar-refractivity contribution in [1.29, 1.82) is 0 Å². The molecule has 1 saturated carbocycles. The molecule has 0 unspecified atom stereocenters. The average Bonchev–Trinajstić information content (AvgIpc) is 2.56. The van der Waals surface area contributed by atoms with Crippen molar-refractivity contribution >= 4 is 22.4 Å². The van der Waals surface area contributed by atoms with Crippen LogP contribution in [0.5, 0.6) is 0 Å². The lowest BCUT2D eigenvalue weighted by Crippen LogP contribution is -2.28. The van der Waals surface area contributed by atoms with Gasteiger partial charge in [0.15, 0.2) is 5.13 Å². The summed E-state index contributed by atoms with van der Waals surface area (Å²) >= 11 is 1.37. The van der Waals surface area contributed by atoms with Gasteiger partial charge in [0.1, 0.15) is 0 Å². The second kappa shape index (κ2) is 5.30. The van der Waals surface area contributed by atoms with Crippen molar-refractivity contribution in [2.75, 3.05) is 12.3 Å². The van der Waals surface area contributed by atoms with Crippen molar-refractivity contribution in [1.82, 2.24) is 10.3 Å². The summed E-state index contributed by atoms with van der Waals surface area (Å²) in [5.74, 6) is 0.889. The number of nitrogens with one attached hydrogen (secondary N) is 1. The normalized spacial score (nSPS) is 15.8. The molecule has 0 bridgehead atoms. The van der Waals surface area contributed by atoms with E-state index in [0.29, 0.717) is 11.6 Å². The number of nitrogens with two attached hydrogens (primary N) is 1. The summed E-state index contributed by atoms with van der Waals surface area (Å²) in [4.78, 5) is 15.6. The molecule has 0 aromatic carbocycles. The van der Waals surface area contributed by atoms with E-state index in [0.717, 1.165) is 24.6 Å². The van der Waals surface area contributed by atoms with Gasteiger partial charge < -0.3 is 11.1 Å². The maximum absolute atomic E-state index is 11.5. The van der Waals surface area contributed by atoms with Crippen molar-refractivity contribution in [2.45, 2.75) is 32.1 Å². The van der Waals surface area contributed by atoms with Crippen molar-refractivity contribution < 1.29 is 4.79 Å². The number of amides is 1. The first-order chi connectivity index (χ1) is 7.74. The van der Waals surface area contributed by atoms with E-state index in [-0.39, 0.29) is 5.91 Å². The average molecular weight is 239 g/mol. The molecular formula is C11H17N3OS. The summed E-state index contributed by atoms with van der Waals surface area (Å²) in [6.07, 6.45) is 5.48. The van der Waals surface area contributed by atoms with E-state index in [2.05, 4.69) is 10.3 Å². The second-order valence-electron chi connectivity index (χ2n) is 4.29. The van der Waals surface area contributed by atoms with Crippen LogP contribution in [0.4, 0.5) is 5.13 Å². The summed E-state index contributed by atoms with van der Waals surface area (Å²) in [5.41, 5.74) is 6.26. The lowest BCUT2D eigenvalue weighted by Gasteiger charge is -2.25. The fourth-order valence-corrected chi connectivity index (χ4v) is 2.39. The van der Waals surface area contributed by atoms with Crippen molar-refractivity contribution in [3.05, 3.63) is 11.1 Å². The van der Waals surface area contributed by atoms with Gasteiger partial charge in [-0.1, -0.05) is 19.3 Å². The zero-order valence-electron chi connectivity index (χ0n) is 9.24. The van der Waals surface area contributed by atoms with Crippen LogP contribution < -0.4 is 11.1 Å². The molecule has 2 rings (SSSR count). The standard InChI is InChI=1S/C11H17N3OS/c12-11-14-9(7-16-11)6-10(15)13-5-4-8-2-1-3-8/h7-8H,1-6H2,(H2,12,14)(H,13,15). The van der Waals surface area contributed by atoms with Crippen molar-refractivity contribution in [3.8, 4) is 0 Å². The molecule has 4 nitrogen and oxygen atoms in total. The molecule has 1 aromatic rings. The van der Waals surface area contributed by atoms with Gasteiger partial charge in [-0.15, -0.1) is 11.3 Å². The van der Waals surface area contributed by atoms with E-state index < -0.39 is 0 Å². The van der Waals surface area contributed by atoms with E-state index in [1.165, 1.54) is 30.6 Å². The molecule has 5 heteroatoms. The molecule has 0 saturated heterocycles. The third kappa shape index (κ3) is 3.20. The van der Waals surface area contributed by atoms with Crippen LogP contribution >= 0.6 is 11.3 Å². The van der Waals surface area contributed by atoms with Gasteiger partial charge >= 0.3 is 0 Å². The Labute approximate surface area is 99.3 Å². The molecule has 3 N–H and O–H groups in total. The molecule has 0 atom stereocenters. The second-order valence-corrected chi connectivity index (χ2v) is 5.18. The van der Waals surface area contributed by atoms with Crippen LogP contribution in [0.25, 0.3) is 0 Å². The Kier molecular flexibility index (Phi) is 3.77. The predicted molar refractivity (Wildman–Crippen MR) is 65.2 cm³/mol. The van der Waals surface area contributed by atoms with Gasteiger partial charge in [-0.3, -0.25) is 4.79 Å². The molecule has 1 fully saturated rings. The number of carbonyl (C=O) groups is 1. The van der Waals surface area contributed by atoms with Gasteiger partial charge in [-0.2, -0.15) is 0 Å². The Morgan fingerprint density at radius 3 is 3.00 bits per heavy atom. The summed E-state index contributed by atoms with van der Waals surface area (Å²) in [5, 5.41) is 5.28. The van der Waals surface area contributed by atoms with E-state index in [4.69, 9.17) is 5.73 Å². The van der Waals surface area contributed by atoms with Gasteiger partial charge in [0, 0.05) is 11.9 Å². The number of hydrogen-bond acceptors (Lipinski definition) is 4. The molecule has 0 radical (unpaired) electrons. The fourth-order valence-electron chi connectivity index (χ4n) is 1.83. The number of thiazole rings is 1. The van der Waals surface area contributed by atoms with Gasteiger partial charge in [0.2, 0.25) is 5.91 Å². The van der Waals surface area contributed by atoms with E-state index in [9.17, 15) is 4.79 Å². The van der Waals surface area contributed by atoms with Crippen LogP contribution in [0.3, 0.4) is 0 Å². The molecule has 16 heavy (non-hydrogen) atoms. The summed E-state index contributed by atoms with van der Waals surface area (Å²) in [6.45, 7) is 0.795. The Morgan fingerprint density at radius 2 is 2.44 bits per heavy atom. The largest absolute Gasteiger partial charge is 0.375 e. The third-order valence-corrected chi connectivity index (χ3v) is 3.73. The van der Waals surface area contributed by atoms with Crippen LogP contribution in [-0.4, -0.2) is 17.4 Å². The van der Waals surface area contributed by atoms with Gasteiger partial charge in [-0.25, -0.2) is 4.98 Å². The third-order valence-electron chi connectivity index (χ3n) is 3.01. The number of hydrogen-bond donors (Lipinski definition) is 2. The van der Waals surface area contributed by atoms with Gasteiger partial charge in [-0.05, 0) is 12.3 Å². The Hall–Kier alpha value is -1.10. The van der Waals surface area contributed by atoms with Crippen molar-refractivity contribution in [2.24, 2.45) is 5.92 Å². The van der Waals surface area contributed by atoms with Crippen LogP contribution in [0.2, 0.25) is 0 Å². The molecule has 88 valence electrons. The number of carbonyl (C=O) groups excluding carboxylic acids is 1. The molecule has 0 spiro atoms. The van der Waals surface area contributed by atoms with Crippen LogP contribution in [0.1, 0.15) is 31.4 Å². The van der Waals surface area contributed by atoms with Crippen LogP contribution in [-0.2, 0) is 11.2 Å². The topological polar surface area (TPSA) is 68.0 Å². The maximum Gasteiger partial charge on any atom is 0.226 e. The summed E-state index contributed by atoms with van der Waals surface area (Å²) in [6, 6.07) is 0. The minimum atomic E-state index is 0.0459. The first kappa shape index (κ1) is 11.4. The number of nitrogen functional groups attached to an aromatic ring is 1. The first-order valence-corrected chi connectivity index (χ1v) is 6.58. The molecule has 1 aliphatic carbocycles. The monoisotopic (exact) mass is 239 g/mol. The lowest BCUT2D eigenvalue weighted by molar-refractivity contribution is -0.120. The molecular weight excluding hydrogens is 222 g/mol. The van der Waals surface area contributed by atoms with E-state index >= 15 is 0 Å². The number of rotatable bonds is 5. The van der Waals surface area contributed by atoms with Gasteiger partial charge in [0.05, 0.1) is 12.1 Å². The Morgan fingerprint density at radius 1 is 1.62 bits per heavy atom. The predicted octanol–water partition coefficient (Wildman–Crippen LogP) is 1.57. The van der Waals surface area contributed by atoms with E-state index in [1.54, 1.807) is 0 Å². The zero-order chi connectivity index (χ0) is 11.4. The molecule has 1 aliphatic rings. The Bertz CT molecular complexity index is 360.